The highest BCUT2D eigenvalue weighted by Gasteiger charge is 2.48. The second-order valence-electron chi connectivity index (χ2n) is 3.94. The molecule has 0 amide bonds. The highest BCUT2D eigenvalue weighted by Crippen LogP contribution is 2.41. The maximum absolute atomic E-state index is 12.2. The Morgan fingerprint density at radius 3 is 2.06 bits per heavy atom. The minimum atomic E-state index is -3.55. The van der Waals surface area contributed by atoms with Gasteiger partial charge in [0.25, 0.3) is 10.0 Å². The molecule has 5 heteroatoms. The van der Waals surface area contributed by atoms with Crippen molar-refractivity contribution in [3.8, 4) is 0 Å². The number of hydrogen-bond donors (Lipinski definition) is 0. The summed E-state index contributed by atoms with van der Waals surface area (Å²) in [7, 11) is -3.55. The Kier molecular flexibility index (Phi) is 2.66. The van der Waals surface area contributed by atoms with E-state index in [1.807, 2.05) is 30.3 Å². The third-order valence-corrected chi connectivity index (χ3v) is 4.33. The fraction of sp³-hybridized carbons (Fsp3) is 0.0769. The molecular weight excluding hydrogens is 250 g/mol. The zero-order valence-electron chi connectivity index (χ0n) is 9.43. The Morgan fingerprint density at radius 1 is 0.889 bits per heavy atom. The van der Waals surface area contributed by atoms with Gasteiger partial charge in [-0.25, -0.2) is 8.42 Å². The van der Waals surface area contributed by atoms with Gasteiger partial charge in [-0.05, 0) is 16.6 Å². The fourth-order valence-corrected chi connectivity index (χ4v) is 3.03. The molecule has 0 aromatic heterocycles. The predicted molar refractivity (Wildman–Crippen MR) is 65.7 cm³/mol. The highest BCUT2D eigenvalue weighted by atomic mass is 32.2. The lowest BCUT2D eigenvalue weighted by atomic mass is 10.2. The highest BCUT2D eigenvalue weighted by molar-refractivity contribution is 7.89. The fourth-order valence-electron chi connectivity index (χ4n) is 1.75. The summed E-state index contributed by atoms with van der Waals surface area (Å²) in [6.07, 6.45) is -0.503. The molecule has 3 rings (SSSR count). The quantitative estimate of drug-likeness (QED) is 0.797. The molecule has 2 atom stereocenters. The molecule has 1 saturated heterocycles. The second kappa shape index (κ2) is 4.20. The topological polar surface area (TPSA) is 49.7 Å². The average Bonchev–Trinajstić information content (AvgIpc) is 3.22. The Morgan fingerprint density at radius 2 is 1.44 bits per heavy atom. The van der Waals surface area contributed by atoms with Crippen LogP contribution in [-0.2, 0) is 14.9 Å². The van der Waals surface area contributed by atoms with Crippen LogP contribution in [0, 0.1) is 0 Å². The van der Waals surface area contributed by atoms with Crippen LogP contribution in [0.3, 0.4) is 0 Å². The molecule has 0 spiro atoms. The van der Waals surface area contributed by atoms with E-state index in [4.69, 9.17) is 4.84 Å². The lowest BCUT2D eigenvalue weighted by Crippen LogP contribution is -2.12. The van der Waals surface area contributed by atoms with Gasteiger partial charge in [-0.15, -0.1) is 0 Å². The van der Waals surface area contributed by atoms with E-state index >= 15 is 0 Å². The summed E-state index contributed by atoms with van der Waals surface area (Å²) < 4.78 is 25.4. The van der Waals surface area contributed by atoms with E-state index in [1.54, 1.807) is 30.3 Å². The molecule has 2 aromatic carbocycles. The van der Waals surface area contributed by atoms with Gasteiger partial charge in [0, 0.05) is 5.56 Å². The zero-order valence-corrected chi connectivity index (χ0v) is 10.2. The standard InChI is InChI=1S/C13H11NO3S/c15-18(16,12-9-5-2-6-10-12)14-13(17-14)11-7-3-1-4-8-11/h1-10,13H/t13-,14-/m0/s1. The van der Waals surface area contributed by atoms with Gasteiger partial charge in [0.15, 0.2) is 6.23 Å². The maximum atomic E-state index is 12.2. The molecule has 1 fully saturated rings. The van der Waals surface area contributed by atoms with Crippen molar-refractivity contribution in [2.75, 3.05) is 0 Å². The number of benzene rings is 2. The van der Waals surface area contributed by atoms with Crippen LogP contribution in [0.4, 0.5) is 0 Å². The van der Waals surface area contributed by atoms with E-state index in [2.05, 4.69) is 0 Å². The van der Waals surface area contributed by atoms with Gasteiger partial charge in [-0.2, -0.15) is 0 Å². The molecule has 0 bridgehead atoms. The summed E-state index contributed by atoms with van der Waals surface area (Å²) in [6.45, 7) is 0. The van der Waals surface area contributed by atoms with Gasteiger partial charge in [-0.1, -0.05) is 48.5 Å². The molecule has 0 radical (unpaired) electrons. The van der Waals surface area contributed by atoms with Gasteiger partial charge >= 0.3 is 0 Å². The molecule has 0 N–H and O–H groups in total. The van der Waals surface area contributed by atoms with Crippen LogP contribution in [0.15, 0.2) is 65.6 Å². The SMILES string of the molecule is O=S(=O)(c1ccccc1)[N@]1O[C@H]1c1ccccc1. The summed E-state index contributed by atoms with van der Waals surface area (Å²) >= 11 is 0. The molecule has 18 heavy (non-hydrogen) atoms. The Bertz CT molecular complexity index is 640. The first-order chi connectivity index (χ1) is 8.69. The average molecular weight is 261 g/mol. The first-order valence-corrected chi connectivity index (χ1v) is 6.95. The van der Waals surface area contributed by atoms with Crippen LogP contribution in [0.5, 0.6) is 0 Å². The Balaban J connectivity index is 1.87. The summed E-state index contributed by atoms with van der Waals surface area (Å²) in [4.78, 5) is 5.41. The smallest absolute Gasteiger partial charge is 0.253 e. The summed E-state index contributed by atoms with van der Waals surface area (Å²) in [5, 5.41) is 0. The Labute approximate surface area is 105 Å². The number of hydroxylamine groups is 1. The number of hydrogen-bond acceptors (Lipinski definition) is 3. The lowest BCUT2D eigenvalue weighted by Gasteiger charge is -2.01. The zero-order chi connectivity index (χ0) is 12.6. The van der Waals surface area contributed by atoms with Crippen LogP contribution in [-0.4, -0.2) is 12.9 Å². The van der Waals surface area contributed by atoms with E-state index < -0.39 is 16.3 Å². The van der Waals surface area contributed by atoms with Crippen LogP contribution < -0.4 is 0 Å². The summed E-state index contributed by atoms with van der Waals surface area (Å²) in [5.74, 6) is 0. The van der Waals surface area contributed by atoms with Gasteiger partial charge < -0.3 is 0 Å². The first-order valence-electron chi connectivity index (χ1n) is 5.51. The van der Waals surface area contributed by atoms with Crippen molar-refractivity contribution in [2.24, 2.45) is 0 Å². The van der Waals surface area contributed by atoms with Crippen molar-refractivity contribution in [1.29, 1.82) is 0 Å². The third kappa shape index (κ3) is 1.92. The van der Waals surface area contributed by atoms with Gasteiger partial charge in [0.1, 0.15) is 0 Å². The minimum Gasteiger partial charge on any atom is -0.253 e. The number of nitrogens with zero attached hydrogens (tertiary/aromatic N) is 1. The van der Waals surface area contributed by atoms with Crippen LogP contribution >= 0.6 is 0 Å². The largest absolute Gasteiger partial charge is 0.267 e. The third-order valence-electron chi connectivity index (χ3n) is 2.71. The van der Waals surface area contributed by atoms with Crippen molar-refractivity contribution in [3.05, 3.63) is 66.2 Å². The van der Waals surface area contributed by atoms with Gasteiger partial charge in [-0.3, -0.25) is 4.84 Å². The van der Waals surface area contributed by atoms with E-state index in [9.17, 15) is 8.42 Å². The van der Waals surface area contributed by atoms with E-state index in [-0.39, 0.29) is 4.90 Å². The molecule has 1 aliphatic heterocycles. The predicted octanol–water partition coefficient (Wildman–Crippen LogP) is 2.32. The molecule has 1 heterocycles. The molecule has 1 aliphatic rings. The van der Waals surface area contributed by atoms with Crippen molar-refractivity contribution >= 4 is 10.0 Å². The van der Waals surface area contributed by atoms with Gasteiger partial charge in [0.05, 0.1) is 4.90 Å². The number of rotatable bonds is 3. The summed E-state index contributed by atoms with van der Waals surface area (Å²) in [5.41, 5.74) is 0.831. The maximum Gasteiger partial charge on any atom is 0.267 e. The monoisotopic (exact) mass is 261 g/mol. The lowest BCUT2D eigenvalue weighted by molar-refractivity contribution is 0.283. The van der Waals surface area contributed by atoms with Crippen molar-refractivity contribution in [2.45, 2.75) is 11.1 Å². The minimum absolute atomic E-state index is 0.239. The second-order valence-corrected chi connectivity index (χ2v) is 5.72. The molecule has 4 nitrogen and oxygen atoms in total. The van der Waals surface area contributed by atoms with Crippen LogP contribution in [0.1, 0.15) is 11.8 Å². The Hall–Kier alpha value is -1.69. The molecular formula is C13H11NO3S. The van der Waals surface area contributed by atoms with Crippen molar-refractivity contribution in [3.63, 3.8) is 0 Å². The molecule has 0 aliphatic carbocycles. The van der Waals surface area contributed by atoms with Crippen molar-refractivity contribution < 1.29 is 13.3 Å². The molecule has 0 unspecified atom stereocenters. The van der Waals surface area contributed by atoms with Gasteiger partial charge in [0.2, 0.25) is 0 Å². The summed E-state index contributed by atoms with van der Waals surface area (Å²) in [6, 6.07) is 17.5. The first kappa shape index (κ1) is 11.4. The van der Waals surface area contributed by atoms with Crippen molar-refractivity contribution in [1.82, 2.24) is 4.47 Å². The molecule has 2 aromatic rings. The molecule has 92 valence electrons. The van der Waals surface area contributed by atoms with E-state index in [0.29, 0.717) is 0 Å². The number of sulfonamides is 1. The van der Waals surface area contributed by atoms with E-state index in [0.717, 1.165) is 10.0 Å². The molecule has 0 saturated carbocycles. The normalized spacial score (nSPS) is 22.7. The van der Waals surface area contributed by atoms with E-state index in [1.165, 1.54) is 0 Å². The van der Waals surface area contributed by atoms with Crippen LogP contribution in [0.2, 0.25) is 0 Å². The van der Waals surface area contributed by atoms with Crippen LogP contribution in [0.25, 0.3) is 0 Å².